The van der Waals surface area contributed by atoms with E-state index in [4.69, 9.17) is 9.47 Å². The van der Waals surface area contributed by atoms with Crippen LogP contribution in [-0.4, -0.2) is 19.5 Å². The van der Waals surface area contributed by atoms with Gasteiger partial charge in [0.25, 0.3) is 0 Å². The molecule has 1 aromatic rings. The van der Waals surface area contributed by atoms with Crippen molar-refractivity contribution in [2.45, 2.75) is 18.6 Å². The van der Waals surface area contributed by atoms with Crippen LogP contribution in [0.4, 0.5) is 0 Å². The average Bonchev–Trinajstić information content (AvgIpc) is 2.74. The standard InChI is InChI=1S/C13H14O3/c1-15-13-9(6-7-16-13)8-12(14)10-4-2-3-5-11(10)13/h2-5,9H,6-8H2,1H3. The van der Waals surface area contributed by atoms with Crippen LogP contribution >= 0.6 is 0 Å². The summed E-state index contributed by atoms with van der Waals surface area (Å²) in [5.74, 6) is -0.302. The van der Waals surface area contributed by atoms with Gasteiger partial charge in [-0.25, -0.2) is 0 Å². The minimum Gasteiger partial charge on any atom is -0.349 e. The zero-order valence-electron chi connectivity index (χ0n) is 9.23. The van der Waals surface area contributed by atoms with Crippen molar-refractivity contribution in [2.75, 3.05) is 13.7 Å². The molecule has 2 aliphatic rings. The molecule has 1 aliphatic heterocycles. The maximum atomic E-state index is 12.0. The van der Waals surface area contributed by atoms with Gasteiger partial charge in [0.1, 0.15) is 0 Å². The van der Waals surface area contributed by atoms with Crippen LogP contribution < -0.4 is 0 Å². The van der Waals surface area contributed by atoms with Crippen molar-refractivity contribution in [3.63, 3.8) is 0 Å². The van der Waals surface area contributed by atoms with Crippen molar-refractivity contribution in [1.29, 1.82) is 0 Å². The fourth-order valence-corrected chi connectivity index (χ4v) is 2.89. The van der Waals surface area contributed by atoms with E-state index in [1.54, 1.807) is 7.11 Å². The lowest BCUT2D eigenvalue weighted by Crippen LogP contribution is -2.40. The predicted octanol–water partition coefficient (Wildman–Crippen LogP) is 2.11. The molecule has 1 aromatic carbocycles. The van der Waals surface area contributed by atoms with Crippen LogP contribution in [0.3, 0.4) is 0 Å². The highest BCUT2D eigenvalue weighted by Crippen LogP contribution is 2.48. The lowest BCUT2D eigenvalue weighted by Gasteiger charge is -2.37. The van der Waals surface area contributed by atoms with E-state index in [1.807, 2.05) is 24.3 Å². The summed E-state index contributed by atoms with van der Waals surface area (Å²) in [5.41, 5.74) is 1.65. The Hall–Kier alpha value is -1.19. The van der Waals surface area contributed by atoms with Gasteiger partial charge in [0.2, 0.25) is 0 Å². The van der Waals surface area contributed by atoms with Gasteiger partial charge < -0.3 is 9.47 Å². The Bertz CT molecular complexity index is 441. The first-order chi connectivity index (χ1) is 7.78. The summed E-state index contributed by atoms with van der Waals surface area (Å²) in [4.78, 5) is 12.0. The third kappa shape index (κ3) is 1.13. The summed E-state index contributed by atoms with van der Waals surface area (Å²) in [5, 5.41) is 0. The zero-order chi connectivity index (χ0) is 11.2. The highest BCUT2D eigenvalue weighted by molar-refractivity contribution is 5.99. The Kier molecular flexibility index (Phi) is 2.13. The number of ketones is 1. The summed E-state index contributed by atoms with van der Waals surface area (Å²) in [7, 11) is 1.66. The molecule has 3 heteroatoms. The lowest BCUT2D eigenvalue weighted by atomic mass is 9.78. The van der Waals surface area contributed by atoms with Gasteiger partial charge in [0.15, 0.2) is 11.6 Å². The molecule has 1 aliphatic carbocycles. The van der Waals surface area contributed by atoms with Crippen molar-refractivity contribution >= 4 is 5.78 Å². The second kappa shape index (κ2) is 3.40. The van der Waals surface area contributed by atoms with Crippen LogP contribution in [0.25, 0.3) is 0 Å². The molecule has 16 heavy (non-hydrogen) atoms. The number of carbonyl (C=O) groups excluding carboxylic acids is 1. The minimum absolute atomic E-state index is 0.167. The lowest BCUT2D eigenvalue weighted by molar-refractivity contribution is -0.226. The van der Waals surface area contributed by atoms with Crippen molar-refractivity contribution < 1.29 is 14.3 Å². The number of hydrogen-bond donors (Lipinski definition) is 0. The third-order valence-corrected chi connectivity index (χ3v) is 3.66. The molecule has 1 fully saturated rings. The molecule has 0 N–H and O–H groups in total. The SMILES string of the molecule is COC12OCCC1CC(=O)c1ccccc12. The first kappa shape index (κ1) is 10.00. The largest absolute Gasteiger partial charge is 0.349 e. The summed E-state index contributed by atoms with van der Waals surface area (Å²) >= 11 is 0. The Labute approximate surface area is 94.4 Å². The number of benzene rings is 1. The summed E-state index contributed by atoms with van der Waals surface area (Å²) in [6.45, 7) is 0.667. The van der Waals surface area contributed by atoms with E-state index in [0.29, 0.717) is 13.0 Å². The number of ether oxygens (including phenoxy) is 2. The summed E-state index contributed by atoms with van der Waals surface area (Å²) in [6, 6.07) is 7.61. The number of methoxy groups -OCH3 is 1. The van der Waals surface area contributed by atoms with E-state index in [2.05, 4.69) is 0 Å². The van der Waals surface area contributed by atoms with Gasteiger partial charge in [-0.2, -0.15) is 0 Å². The van der Waals surface area contributed by atoms with E-state index >= 15 is 0 Å². The molecule has 3 nitrogen and oxygen atoms in total. The van der Waals surface area contributed by atoms with Gasteiger partial charge in [0, 0.05) is 30.6 Å². The molecule has 0 saturated carbocycles. The minimum atomic E-state index is -0.676. The molecule has 1 saturated heterocycles. The van der Waals surface area contributed by atoms with E-state index in [9.17, 15) is 4.79 Å². The van der Waals surface area contributed by atoms with Gasteiger partial charge in [0.05, 0.1) is 6.61 Å². The first-order valence-electron chi connectivity index (χ1n) is 5.60. The molecular weight excluding hydrogens is 204 g/mol. The molecule has 0 radical (unpaired) electrons. The summed E-state index contributed by atoms with van der Waals surface area (Å²) < 4.78 is 11.4. The molecule has 0 amide bonds. The molecule has 0 aromatic heterocycles. The normalized spacial score (nSPS) is 32.3. The monoisotopic (exact) mass is 218 g/mol. The van der Waals surface area contributed by atoms with Gasteiger partial charge in [-0.05, 0) is 6.42 Å². The van der Waals surface area contributed by atoms with Crippen LogP contribution in [0.2, 0.25) is 0 Å². The maximum Gasteiger partial charge on any atom is 0.198 e. The van der Waals surface area contributed by atoms with Gasteiger partial charge in [-0.1, -0.05) is 24.3 Å². The Morgan fingerprint density at radius 1 is 1.44 bits per heavy atom. The second-order valence-corrected chi connectivity index (χ2v) is 4.38. The number of fused-ring (bicyclic) bond motifs is 3. The van der Waals surface area contributed by atoms with E-state index in [-0.39, 0.29) is 11.7 Å². The van der Waals surface area contributed by atoms with E-state index in [0.717, 1.165) is 17.5 Å². The van der Waals surface area contributed by atoms with Crippen LogP contribution in [0.1, 0.15) is 28.8 Å². The van der Waals surface area contributed by atoms with Gasteiger partial charge in [-0.15, -0.1) is 0 Å². The Balaban J connectivity index is 2.21. The van der Waals surface area contributed by atoms with E-state index < -0.39 is 5.79 Å². The second-order valence-electron chi connectivity index (χ2n) is 4.38. The zero-order valence-corrected chi connectivity index (χ0v) is 9.23. The molecule has 84 valence electrons. The number of hydrogen-bond acceptors (Lipinski definition) is 3. The van der Waals surface area contributed by atoms with Crippen molar-refractivity contribution in [2.24, 2.45) is 5.92 Å². The smallest absolute Gasteiger partial charge is 0.198 e. The fourth-order valence-electron chi connectivity index (χ4n) is 2.89. The van der Waals surface area contributed by atoms with Crippen molar-refractivity contribution in [1.82, 2.24) is 0 Å². The molecule has 1 heterocycles. The van der Waals surface area contributed by atoms with Crippen LogP contribution in [0.5, 0.6) is 0 Å². The fraction of sp³-hybridized carbons (Fsp3) is 0.462. The van der Waals surface area contributed by atoms with E-state index in [1.165, 1.54) is 0 Å². The molecule has 0 spiro atoms. The predicted molar refractivity (Wildman–Crippen MR) is 58.1 cm³/mol. The number of carbonyl (C=O) groups is 1. The topological polar surface area (TPSA) is 35.5 Å². The highest BCUT2D eigenvalue weighted by Gasteiger charge is 2.51. The van der Waals surface area contributed by atoms with Crippen LogP contribution in [0.15, 0.2) is 24.3 Å². The van der Waals surface area contributed by atoms with Crippen molar-refractivity contribution in [3.8, 4) is 0 Å². The molecule has 0 bridgehead atoms. The van der Waals surface area contributed by atoms with Gasteiger partial charge in [-0.3, -0.25) is 4.79 Å². The Morgan fingerprint density at radius 3 is 3.06 bits per heavy atom. The maximum absolute atomic E-state index is 12.0. The molecule has 2 unspecified atom stereocenters. The van der Waals surface area contributed by atoms with Crippen LogP contribution in [-0.2, 0) is 15.3 Å². The summed E-state index contributed by atoms with van der Waals surface area (Å²) in [6.07, 6.45) is 1.43. The highest BCUT2D eigenvalue weighted by atomic mass is 16.7. The van der Waals surface area contributed by atoms with Crippen molar-refractivity contribution in [3.05, 3.63) is 35.4 Å². The average molecular weight is 218 g/mol. The molecule has 2 atom stereocenters. The van der Waals surface area contributed by atoms with Gasteiger partial charge >= 0.3 is 0 Å². The number of rotatable bonds is 1. The molecular formula is C13H14O3. The quantitative estimate of drug-likeness (QED) is 0.724. The van der Waals surface area contributed by atoms with Crippen LogP contribution in [0, 0.1) is 5.92 Å². The Morgan fingerprint density at radius 2 is 2.25 bits per heavy atom. The molecule has 3 rings (SSSR count). The first-order valence-corrected chi connectivity index (χ1v) is 5.60. The number of Topliss-reactive ketones (excluding diaryl/α,β-unsaturated/α-hetero) is 1. The third-order valence-electron chi connectivity index (χ3n) is 3.66.